The third-order valence-corrected chi connectivity index (χ3v) is 2.35. The molecule has 0 spiro atoms. The Kier molecular flexibility index (Phi) is 6.76. The number of nitrogens with zero attached hydrogens (tertiary/aromatic N) is 3. The van der Waals surface area contributed by atoms with Gasteiger partial charge in [0.1, 0.15) is 12.2 Å². The fraction of sp³-hybridized carbons (Fsp3) is 0.818. The van der Waals surface area contributed by atoms with Gasteiger partial charge >= 0.3 is 0 Å². The van der Waals surface area contributed by atoms with Gasteiger partial charge in [0.15, 0.2) is 6.29 Å². The van der Waals surface area contributed by atoms with Crippen molar-refractivity contribution >= 4 is 0 Å². The number of ether oxygens (including phenoxy) is 2. The molecular formula is C11H22N4O2. The van der Waals surface area contributed by atoms with Gasteiger partial charge in [-0.05, 0) is 13.8 Å². The predicted molar refractivity (Wildman–Crippen MR) is 64.4 cm³/mol. The number of rotatable bonds is 9. The van der Waals surface area contributed by atoms with Crippen molar-refractivity contribution in [1.29, 1.82) is 0 Å². The Morgan fingerprint density at radius 3 is 2.59 bits per heavy atom. The molecule has 0 bridgehead atoms. The van der Waals surface area contributed by atoms with Crippen molar-refractivity contribution in [2.45, 2.75) is 33.1 Å². The monoisotopic (exact) mass is 242 g/mol. The fourth-order valence-corrected chi connectivity index (χ4v) is 1.47. The smallest absolute Gasteiger partial charge is 0.158 e. The standard InChI is InChI=1S/C11H22N4O2/c1-4-16-11(17-5-2)6-7-12-8-10-14-13-9-15(10)3/h9,11-12H,4-8H2,1-3H3. The SMILES string of the molecule is CCOC(CCNCc1nncn1C)OCC. The van der Waals surface area contributed by atoms with E-state index in [9.17, 15) is 0 Å². The zero-order chi connectivity index (χ0) is 12.5. The van der Waals surface area contributed by atoms with Crippen molar-refractivity contribution in [1.82, 2.24) is 20.1 Å². The second kappa shape index (κ2) is 8.16. The van der Waals surface area contributed by atoms with Crippen LogP contribution in [0.4, 0.5) is 0 Å². The Labute approximate surface area is 102 Å². The van der Waals surface area contributed by atoms with Crippen molar-refractivity contribution < 1.29 is 9.47 Å². The van der Waals surface area contributed by atoms with E-state index in [0.29, 0.717) is 19.8 Å². The van der Waals surface area contributed by atoms with Gasteiger partial charge in [-0.1, -0.05) is 0 Å². The van der Waals surface area contributed by atoms with Crippen LogP contribution in [0.25, 0.3) is 0 Å². The molecule has 0 aliphatic heterocycles. The van der Waals surface area contributed by atoms with E-state index < -0.39 is 0 Å². The largest absolute Gasteiger partial charge is 0.353 e. The van der Waals surface area contributed by atoms with E-state index in [-0.39, 0.29) is 6.29 Å². The minimum Gasteiger partial charge on any atom is -0.353 e. The minimum atomic E-state index is -0.114. The summed E-state index contributed by atoms with van der Waals surface area (Å²) in [6.45, 7) is 6.83. The van der Waals surface area contributed by atoms with Crippen LogP contribution in [-0.4, -0.2) is 40.8 Å². The van der Waals surface area contributed by atoms with E-state index in [0.717, 1.165) is 18.8 Å². The summed E-state index contributed by atoms with van der Waals surface area (Å²) in [7, 11) is 1.93. The average Bonchev–Trinajstić information content (AvgIpc) is 2.71. The van der Waals surface area contributed by atoms with Gasteiger partial charge in [-0.15, -0.1) is 10.2 Å². The van der Waals surface area contributed by atoms with E-state index in [1.807, 2.05) is 25.5 Å². The van der Waals surface area contributed by atoms with Crippen LogP contribution in [0.2, 0.25) is 0 Å². The Hall–Kier alpha value is -0.980. The van der Waals surface area contributed by atoms with Crippen LogP contribution in [0, 0.1) is 0 Å². The lowest BCUT2D eigenvalue weighted by Gasteiger charge is -2.16. The first kappa shape index (κ1) is 14.1. The molecule has 98 valence electrons. The average molecular weight is 242 g/mol. The topological polar surface area (TPSA) is 61.2 Å². The van der Waals surface area contributed by atoms with Crippen molar-refractivity contribution in [2.24, 2.45) is 7.05 Å². The zero-order valence-electron chi connectivity index (χ0n) is 10.8. The predicted octanol–water partition coefficient (Wildman–Crippen LogP) is 0.694. The summed E-state index contributed by atoms with van der Waals surface area (Å²) in [6, 6.07) is 0. The normalized spacial score (nSPS) is 11.3. The maximum absolute atomic E-state index is 5.45. The second-order valence-corrected chi connectivity index (χ2v) is 3.66. The summed E-state index contributed by atoms with van der Waals surface area (Å²) >= 11 is 0. The number of aromatic nitrogens is 3. The molecule has 0 fully saturated rings. The highest BCUT2D eigenvalue weighted by Crippen LogP contribution is 2.00. The van der Waals surface area contributed by atoms with Crippen LogP contribution in [-0.2, 0) is 23.1 Å². The Balaban J connectivity index is 2.15. The highest BCUT2D eigenvalue weighted by Gasteiger charge is 2.07. The Bertz CT molecular complexity index is 297. The molecule has 1 N–H and O–H groups in total. The van der Waals surface area contributed by atoms with E-state index in [4.69, 9.17) is 9.47 Å². The van der Waals surface area contributed by atoms with Crippen LogP contribution < -0.4 is 5.32 Å². The van der Waals surface area contributed by atoms with Gasteiger partial charge < -0.3 is 19.4 Å². The number of nitrogens with one attached hydrogen (secondary N) is 1. The van der Waals surface area contributed by atoms with Gasteiger partial charge in [-0.25, -0.2) is 0 Å². The third kappa shape index (κ3) is 5.25. The molecule has 1 rings (SSSR count). The van der Waals surface area contributed by atoms with Gasteiger partial charge in [0, 0.05) is 33.2 Å². The highest BCUT2D eigenvalue weighted by atomic mass is 16.7. The second-order valence-electron chi connectivity index (χ2n) is 3.66. The van der Waals surface area contributed by atoms with Crippen LogP contribution in [0.1, 0.15) is 26.1 Å². The number of aryl methyl sites for hydroxylation is 1. The molecule has 6 heteroatoms. The van der Waals surface area contributed by atoms with Crippen molar-refractivity contribution in [2.75, 3.05) is 19.8 Å². The fourth-order valence-electron chi connectivity index (χ4n) is 1.47. The quantitative estimate of drug-likeness (QED) is 0.510. The van der Waals surface area contributed by atoms with Gasteiger partial charge in [-0.2, -0.15) is 0 Å². The summed E-state index contributed by atoms with van der Waals surface area (Å²) in [5.74, 6) is 0.925. The van der Waals surface area contributed by atoms with Gasteiger partial charge in [0.2, 0.25) is 0 Å². The lowest BCUT2D eigenvalue weighted by Crippen LogP contribution is -2.25. The molecule has 0 unspecified atom stereocenters. The van der Waals surface area contributed by atoms with Crippen LogP contribution in [0.15, 0.2) is 6.33 Å². The molecule has 17 heavy (non-hydrogen) atoms. The lowest BCUT2D eigenvalue weighted by molar-refractivity contribution is -0.138. The van der Waals surface area contributed by atoms with Crippen molar-refractivity contribution in [3.8, 4) is 0 Å². The summed E-state index contributed by atoms with van der Waals surface area (Å²) in [5, 5.41) is 11.1. The van der Waals surface area contributed by atoms with Crippen molar-refractivity contribution in [3.63, 3.8) is 0 Å². The molecule has 0 saturated heterocycles. The molecule has 6 nitrogen and oxygen atoms in total. The van der Waals surface area contributed by atoms with Crippen LogP contribution >= 0.6 is 0 Å². The van der Waals surface area contributed by atoms with Gasteiger partial charge in [0.25, 0.3) is 0 Å². The van der Waals surface area contributed by atoms with E-state index in [2.05, 4.69) is 15.5 Å². The summed E-state index contributed by atoms with van der Waals surface area (Å²) in [4.78, 5) is 0. The molecule has 0 amide bonds. The maximum atomic E-state index is 5.45. The number of hydrogen-bond donors (Lipinski definition) is 1. The first-order chi connectivity index (χ1) is 8.27. The lowest BCUT2D eigenvalue weighted by atomic mass is 10.4. The first-order valence-electron chi connectivity index (χ1n) is 6.04. The first-order valence-corrected chi connectivity index (χ1v) is 6.04. The summed E-state index contributed by atoms with van der Waals surface area (Å²) in [5.41, 5.74) is 0. The molecule has 0 aromatic carbocycles. The van der Waals surface area contributed by atoms with E-state index >= 15 is 0 Å². The Morgan fingerprint density at radius 2 is 2.06 bits per heavy atom. The molecule has 1 heterocycles. The van der Waals surface area contributed by atoms with Crippen LogP contribution in [0.3, 0.4) is 0 Å². The van der Waals surface area contributed by atoms with E-state index in [1.165, 1.54) is 0 Å². The van der Waals surface area contributed by atoms with E-state index in [1.54, 1.807) is 6.33 Å². The molecule has 1 aromatic heterocycles. The maximum Gasteiger partial charge on any atom is 0.158 e. The molecular weight excluding hydrogens is 220 g/mol. The number of hydrogen-bond acceptors (Lipinski definition) is 5. The Morgan fingerprint density at radius 1 is 1.35 bits per heavy atom. The summed E-state index contributed by atoms with van der Waals surface area (Å²) < 4.78 is 12.8. The molecule has 0 saturated carbocycles. The zero-order valence-corrected chi connectivity index (χ0v) is 10.8. The molecule has 0 aliphatic rings. The summed E-state index contributed by atoms with van der Waals surface area (Å²) in [6.07, 6.45) is 2.41. The van der Waals surface area contributed by atoms with Gasteiger partial charge in [0.05, 0.1) is 6.54 Å². The molecule has 0 aliphatic carbocycles. The third-order valence-electron chi connectivity index (χ3n) is 2.35. The van der Waals surface area contributed by atoms with Gasteiger partial charge in [-0.3, -0.25) is 0 Å². The molecule has 1 aromatic rings. The molecule has 0 atom stereocenters. The minimum absolute atomic E-state index is 0.114. The highest BCUT2D eigenvalue weighted by molar-refractivity contribution is 4.82. The van der Waals surface area contributed by atoms with Crippen LogP contribution in [0.5, 0.6) is 0 Å². The molecule has 0 radical (unpaired) electrons. The van der Waals surface area contributed by atoms with Crippen molar-refractivity contribution in [3.05, 3.63) is 12.2 Å².